The van der Waals surface area contributed by atoms with E-state index in [4.69, 9.17) is 0 Å². The molecule has 0 radical (unpaired) electrons. The minimum Gasteiger partial charge on any atom is -0.388 e. The zero-order valence-electron chi connectivity index (χ0n) is 14.3. The Kier molecular flexibility index (Phi) is 4.68. The number of aliphatic hydroxyl groups is 1. The molecule has 1 N–H and O–H groups in total. The van der Waals surface area contributed by atoms with Gasteiger partial charge >= 0.3 is 0 Å². The number of hydrogen-bond acceptors (Lipinski definition) is 4. The second kappa shape index (κ2) is 7.10. The van der Waals surface area contributed by atoms with Gasteiger partial charge in [-0.05, 0) is 60.7 Å². The molecule has 1 saturated heterocycles. The van der Waals surface area contributed by atoms with Gasteiger partial charge in [0.15, 0.2) is 0 Å². The molecule has 0 amide bonds. The van der Waals surface area contributed by atoms with E-state index in [-0.39, 0.29) is 11.7 Å². The summed E-state index contributed by atoms with van der Waals surface area (Å²) in [7, 11) is 0. The number of rotatable bonds is 4. The molecular formula is C20H24FN3O. The molecule has 2 heterocycles. The van der Waals surface area contributed by atoms with E-state index in [2.05, 4.69) is 20.9 Å². The summed E-state index contributed by atoms with van der Waals surface area (Å²) in [5.74, 6) is 1.04. The first-order chi connectivity index (χ1) is 12.2. The first kappa shape index (κ1) is 16.5. The zero-order valence-corrected chi connectivity index (χ0v) is 14.3. The molecule has 1 aromatic heterocycles. The minimum absolute atomic E-state index is 0.200. The van der Waals surface area contributed by atoms with Crippen LogP contribution in [0.25, 0.3) is 0 Å². The highest BCUT2D eigenvalue weighted by Crippen LogP contribution is 2.38. The van der Waals surface area contributed by atoms with Crippen LogP contribution in [0.5, 0.6) is 0 Å². The smallest absolute Gasteiger partial charge is 0.128 e. The number of pyridine rings is 1. The largest absolute Gasteiger partial charge is 0.388 e. The number of aromatic nitrogens is 1. The molecular weight excluding hydrogens is 317 g/mol. The van der Waals surface area contributed by atoms with Gasteiger partial charge < -0.3 is 10.0 Å². The molecule has 2 aliphatic rings. The highest BCUT2D eigenvalue weighted by Gasteiger charge is 2.31. The molecule has 2 atom stereocenters. The van der Waals surface area contributed by atoms with Crippen LogP contribution in [0.3, 0.4) is 0 Å². The minimum atomic E-state index is -0.453. The van der Waals surface area contributed by atoms with Gasteiger partial charge in [0, 0.05) is 32.4 Å². The molecule has 2 aromatic rings. The fourth-order valence-electron chi connectivity index (χ4n) is 4.04. The molecule has 132 valence electrons. The summed E-state index contributed by atoms with van der Waals surface area (Å²) in [6.07, 6.45) is 3.11. The van der Waals surface area contributed by atoms with Crippen LogP contribution in [0.4, 0.5) is 10.2 Å². The molecule has 0 bridgehead atoms. The third-order valence-electron chi connectivity index (χ3n) is 5.51. The number of nitrogens with zero attached hydrogens (tertiary/aromatic N) is 3. The summed E-state index contributed by atoms with van der Waals surface area (Å²) in [5.41, 5.74) is 1.88. The number of anilines is 1. The highest BCUT2D eigenvalue weighted by atomic mass is 19.1. The van der Waals surface area contributed by atoms with Gasteiger partial charge in [0.05, 0.1) is 6.10 Å². The standard InChI is InChI=1S/C20H24FN3O/c21-17-4-5-18-16(14-17)13-15(20(18)25)6-8-23-9-11-24(12-10-23)19-3-1-2-7-22-19/h1-5,7,14-15,20,25H,6,8-13H2. The summed E-state index contributed by atoms with van der Waals surface area (Å²) in [6.45, 7) is 4.97. The van der Waals surface area contributed by atoms with Crippen molar-refractivity contribution in [2.24, 2.45) is 5.92 Å². The van der Waals surface area contributed by atoms with Crippen molar-refractivity contribution < 1.29 is 9.50 Å². The van der Waals surface area contributed by atoms with Crippen LogP contribution in [-0.2, 0) is 6.42 Å². The van der Waals surface area contributed by atoms with E-state index in [1.807, 2.05) is 18.3 Å². The van der Waals surface area contributed by atoms with Crippen LogP contribution in [0.15, 0.2) is 42.6 Å². The molecule has 1 aromatic carbocycles. The van der Waals surface area contributed by atoms with Gasteiger partial charge in [-0.3, -0.25) is 4.90 Å². The number of aliphatic hydroxyl groups excluding tert-OH is 1. The van der Waals surface area contributed by atoms with Crippen molar-refractivity contribution in [1.29, 1.82) is 0 Å². The van der Waals surface area contributed by atoms with Gasteiger partial charge in [0.2, 0.25) is 0 Å². The van der Waals surface area contributed by atoms with Gasteiger partial charge in [-0.25, -0.2) is 9.37 Å². The SMILES string of the molecule is OC1c2ccc(F)cc2CC1CCN1CCN(c2ccccn2)CC1. The Morgan fingerprint density at radius 3 is 2.72 bits per heavy atom. The number of benzene rings is 1. The van der Waals surface area contributed by atoms with E-state index in [0.717, 1.165) is 62.5 Å². The van der Waals surface area contributed by atoms with Crippen LogP contribution >= 0.6 is 0 Å². The molecule has 1 aliphatic heterocycles. The van der Waals surface area contributed by atoms with Crippen molar-refractivity contribution >= 4 is 5.82 Å². The second-order valence-corrected chi connectivity index (χ2v) is 7.06. The lowest BCUT2D eigenvalue weighted by Gasteiger charge is -2.36. The molecule has 1 fully saturated rings. The van der Waals surface area contributed by atoms with E-state index in [1.54, 1.807) is 12.1 Å². The van der Waals surface area contributed by atoms with Crippen molar-refractivity contribution in [3.63, 3.8) is 0 Å². The molecule has 4 rings (SSSR count). The lowest BCUT2D eigenvalue weighted by atomic mass is 9.99. The topological polar surface area (TPSA) is 39.6 Å². The maximum Gasteiger partial charge on any atom is 0.128 e. The predicted octanol–water partition coefficient (Wildman–Crippen LogP) is 2.64. The van der Waals surface area contributed by atoms with Crippen LogP contribution < -0.4 is 4.90 Å². The van der Waals surface area contributed by atoms with Gasteiger partial charge in [-0.15, -0.1) is 0 Å². The molecule has 0 saturated carbocycles. The Balaban J connectivity index is 1.28. The molecule has 4 nitrogen and oxygen atoms in total. The summed E-state index contributed by atoms with van der Waals surface area (Å²) < 4.78 is 13.4. The Labute approximate surface area is 147 Å². The predicted molar refractivity (Wildman–Crippen MR) is 96.1 cm³/mol. The van der Waals surface area contributed by atoms with E-state index >= 15 is 0 Å². The number of halogens is 1. The normalized spacial score (nSPS) is 23.7. The Hall–Kier alpha value is -1.98. The van der Waals surface area contributed by atoms with E-state index in [9.17, 15) is 9.50 Å². The molecule has 0 spiro atoms. The summed E-state index contributed by atoms with van der Waals surface area (Å²) in [5, 5.41) is 10.5. The van der Waals surface area contributed by atoms with Crippen LogP contribution in [0.1, 0.15) is 23.7 Å². The maximum atomic E-state index is 13.4. The van der Waals surface area contributed by atoms with Gasteiger partial charge in [0.1, 0.15) is 11.6 Å². The second-order valence-electron chi connectivity index (χ2n) is 7.06. The van der Waals surface area contributed by atoms with Gasteiger partial charge in [-0.2, -0.15) is 0 Å². The lowest BCUT2D eigenvalue weighted by Crippen LogP contribution is -2.47. The maximum absolute atomic E-state index is 13.4. The molecule has 2 unspecified atom stereocenters. The average molecular weight is 341 g/mol. The first-order valence-electron chi connectivity index (χ1n) is 9.05. The van der Waals surface area contributed by atoms with Crippen molar-refractivity contribution in [2.45, 2.75) is 18.9 Å². The fourth-order valence-corrected chi connectivity index (χ4v) is 4.04. The monoisotopic (exact) mass is 341 g/mol. The number of piperazine rings is 1. The van der Waals surface area contributed by atoms with Crippen LogP contribution in [0, 0.1) is 11.7 Å². The summed E-state index contributed by atoms with van der Waals surface area (Å²) >= 11 is 0. The van der Waals surface area contributed by atoms with E-state index in [1.165, 1.54) is 6.07 Å². The molecule has 25 heavy (non-hydrogen) atoms. The summed E-state index contributed by atoms with van der Waals surface area (Å²) in [6, 6.07) is 10.8. The number of fused-ring (bicyclic) bond motifs is 1. The highest BCUT2D eigenvalue weighted by molar-refractivity contribution is 5.38. The molecule has 1 aliphatic carbocycles. The Morgan fingerprint density at radius 1 is 1.12 bits per heavy atom. The number of hydrogen-bond donors (Lipinski definition) is 1. The van der Waals surface area contributed by atoms with Crippen molar-refractivity contribution in [1.82, 2.24) is 9.88 Å². The summed E-state index contributed by atoms with van der Waals surface area (Å²) in [4.78, 5) is 9.19. The zero-order chi connectivity index (χ0) is 17.2. The third kappa shape index (κ3) is 3.53. The van der Waals surface area contributed by atoms with Gasteiger partial charge in [0.25, 0.3) is 0 Å². The van der Waals surface area contributed by atoms with Crippen LogP contribution in [0.2, 0.25) is 0 Å². The van der Waals surface area contributed by atoms with E-state index < -0.39 is 6.10 Å². The Bertz CT molecular complexity index is 716. The first-order valence-corrected chi connectivity index (χ1v) is 9.05. The molecule has 5 heteroatoms. The van der Waals surface area contributed by atoms with Crippen molar-refractivity contribution in [2.75, 3.05) is 37.6 Å². The lowest BCUT2D eigenvalue weighted by molar-refractivity contribution is 0.107. The average Bonchev–Trinajstić information content (AvgIpc) is 2.96. The fraction of sp³-hybridized carbons (Fsp3) is 0.450. The van der Waals surface area contributed by atoms with Gasteiger partial charge in [-0.1, -0.05) is 12.1 Å². The Morgan fingerprint density at radius 2 is 1.96 bits per heavy atom. The quantitative estimate of drug-likeness (QED) is 0.928. The van der Waals surface area contributed by atoms with Crippen molar-refractivity contribution in [3.8, 4) is 0 Å². The third-order valence-corrected chi connectivity index (χ3v) is 5.51. The van der Waals surface area contributed by atoms with Crippen LogP contribution in [-0.4, -0.2) is 47.7 Å². The van der Waals surface area contributed by atoms with E-state index in [0.29, 0.717) is 0 Å². The van der Waals surface area contributed by atoms with Crippen molar-refractivity contribution in [3.05, 3.63) is 59.5 Å².